The minimum Gasteiger partial charge on any atom is -0.493 e. The zero-order valence-corrected chi connectivity index (χ0v) is 17.5. The number of carbonyl (C=O) groups excluding carboxylic acids is 1. The molecule has 0 aliphatic carbocycles. The van der Waals surface area contributed by atoms with Gasteiger partial charge in [-0.15, -0.1) is 0 Å². The number of anilines is 1. The predicted molar refractivity (Wildman–Crippen MR) is 109 cm³/mol. The fourth-order valence-electron chi connectivity index (χ4n) is 3.01. The summed E-state index contributed by atoms with van der Waals surface area (Å²) in [6, 6.07) is 3.95. The van der Waals surface area contributed by atoms with Crippen molar-refractivity contribution in [2.45, 2.75) is 85.7 Å². The largest absolute Gasteiger partial charge is 0.493 e. The molecule has 1 rings (SSSR count). The summed E-state index contributed by atoms with van der Waals surface area (Å²) in [5.74, 6) is 0.848. The highest BCUT2D eigenvalue weighted by Gasteiger charge is 2.33. The third-order valence-corrected chi connectivity index (χ3v) is 4.53. The number of carbonyl (C=O) groups is 1. The molecule has 0 radical (unpaired) electrons. The molecule has 4 heteroatoms. The van der Waals surface area contributed by atoms with E-state index < -0.39 is 5.60 Å². The Morgan fingerprint density at radius 1 is 1.00 bits per heavy atom. The van der Waals surface area contributed by atoms with Crippen molar-refractivity contribution in [3.05, 3.63) is 23.3 Å². The maximum atomic E-state index is 12.9. The van der Waals surface area contributed by atoms with Crippen molar-refractivity contribution in [1.82, 2.24) is 0 Å². The Hall–Kier alpha value is -1.55. The summed E-state index contributed by atoms with van der Waals surface area (Å²) in [4.78, 5) is 12.9. The van der Waals surface area contributed by atoms with Crippen LogP contribution in [0.15, 0.2) is 12.1 Å². The summed E-state index contributed by atoms with van der Waals surface area (Å²) in [7, 11) is 0. The van der Waals surface area contributed by atoms with Crippen molar-refractivity contribution < 1.29 is 14.3 Å². The van der Waals surface area contributed by atoms with Crippen LogP contribution in [0, 0.1) is 13.8 Å². The molecule has 0 spiro atoms. The number of unbranched alkanes of at least 4 members (excludes halogenated alkanes) is 2. The third kappa shape index (κ3) is 6.64. The molecule has 0 heterocycles. The van der Waals surface area contributed by atoms with E-state index in [0.717, 1.165) is 61.1 Å². The molecule has 1 amide bonds. The molecule has 0 aromatic heterocycles. The Bertz CT molecular complexity index is 548. The van der Waals surface area contributed by atoms with Gasteiger partial charge < -0.3 is 14.8 Å². The number of nitrogens with one attached hydrogen (secondary N) is 1. The first-order valence-corrected chi connectivity index (χ1v) is 10.1. The van der Waals surface area contributed by atoms with E-state index in [2.05, 4.69) is 26.1 Å². The molecule has 148 valence electrons. The predicted octanol–water partition coefficient (Wildman–Crippen LogP) is 5.80. The zero-order valence-electron chi connectivity index (χ0n) is 17.5. The summed E-state index contributed by atoms with van der Waals surface area (Å²) in [6.45, 7) is 13.6. The van der Waals surface area contributed by atoms with Crippen LogP contribution < -0.4 is 10.1 Å². The first kappa shape index (κ1) is 22.5. The van der Waals surface area contributed by atoms with E-state index in [1.165, 1.54) is 0 Å². The third-order valence-electron chi connectivity index (χ3n) is 4.53. The summed E-state index contributed by atoms with van der Waals surface area (Å²) >= 11 is 0. The minimum atomic E-state index is -0.787. The molecule has 26 heavy (non-hydrogen) atoms. The Morgan fingerprint density at radius 2 is 1.62 bits per heavy atom. The summed E-state index contributed by atoms with van der Waals surface area (Å²) in [5.41, 5.74) is 2.09. The van der Waals surface area contributed by atoms with Gasteiger partial charge in [-0.05, 0) is 63.3 Å². The van der Waals surface area contributed by atoms with Crippen LogP contribution in [0.1, 0.15) is 77.3 Å². The van der Waals surface area contributed by atoms with Gasteiger partial charge in [0.25, 0.3) is 5.91 Å². The molecule has 0 saturated heterocycles. The summed E-state index contributed by atoms with van der Waals surface area (Å²) in [5, 5.41) is 3.06. The molecule has 4 nitrogen and oxygen atoms in total. The Labute approximate surface area is 159 Å². The topological polar surface area (TPSA) is 47.6 Å². The summed E-state index contributed by atoms with van der Waals surface area (Å²) in [6.07, 6.45) is 5.85. The standard InChI is InChI=1S/C22H37NO3/c1-7-10-11-12-22(6,26-14-9-3)21(24)23-19-15-17(4)20(18(5)16-19)25-13-8-2/h15-16H,7-14H2,1-6H3,(H,23,24). The molecule has 0 saturated carbocycles. The van der Waals surface area contributed by atoms with E-state index in [4.69, 9.17) is 9.47 Å². The lowest BCUT2D eigenvalue weighted by Crippen LogP contribution is -2.43. The first-order chi connectivity index (χ1) is 12.4. The van der Waals surface area contributed by atoms with Gasteiger partial charge in [0.15, 0.2) is 0 Å². The molecule has 1 unspecified atom stereocenters. The zero-order chi connectivity index (χ0) is 19.6. The van der Waals surface area contributed by atoms with Gasteiger partial charge in [0.1, 0.15) is 11.4 Å². The average Bonchev–Trinajstić information content (AvgIpc) is 2.59. The maximum Gasteiger partial charge on any atom is 0.256 e. The van der Waals surface area contributed by atoms with Crippen molar-refractivity contribution in [2.75, 3.05) is 18.5 Å². The van der Waals surface area contributed by atoms with Crippen molar-refractivity contribution in [3.8, 4) is 5.75 Å². The Balaban J connectivity index is 2.90. The van der Waals surface area contributed by atoms with Gasteiger partial charge in [-0.3, -0.25) is 4.79 Å². The normalized spacial score (nSPS) is 13.3. The highest BCUT2D eigenvalue weighted by molar-refractivity contribution is 5.97. The lowest BCUT2D eigenvalue weighted by molar-refractivity contribution is -0.140. The van der Waals surface area contributed by atoms with E-state index in [0.29, 0.717) is 13.2 Å². The number of rotatable bonds is 12. The van der Waals surface area contributed by atoms with Crippen molar-refractivity contribution in [2.24, 2.45) is 0 Å². The van der Waals surface area contributed by atoms with Gasteiger partial charge in [-0.25, -0.2) is 0 Å². The Morgan fingerprint density at radius 3 is 2.15 bits per heavy atom. The van der Waals surface area contributed by atoms with Gasteiger partial charge >= 0.3 is 0 Å². The first-order valence-electron chi connectivity index (χ1n) is 10.1. The second-order valence-electron chi connectivity index (χ2n) is 7.28. The lowest BCUT2D eigenvalue weighted by Gasteiger charge is -2.29. The molecule has 1 aromatic carbocycles. The number of hydrogen-bond donors (Lipinski definition) is 1. The molecular formula is C22H37NO3. The van der Waals surface area contributed by atoms with Crippen LogP contribution in [0.2, 0.25) is 0 Å². The van der Waals surface area contributed by atoms with Crippen molar-refractivity contribution in [3.63, 3.8) is 0 Å². The minimum absolute atomic E-state index is 0.0666. The molecule has 1 N–H and O–H groups in total. The van der Waals surface area contributed by atoms with E-state index in [9.17, 15) is 4.79 Å². The molecule has 1 aromatic rings. The van der Waals surface area contributed by atoms with Crippen LogP contribution in [0.4, 0.5) is 5.69 Å². The second kappa shape index (κ2) is 11.2. The fourth-order valence-corrected chi connectivity index (χ4v) is 3.01. The number of hydrogen-bond acceptors (Lipinski definition) is 3. The number of amides is 1. The molecule has 0 bridgehead atoms. The average molecular weight is 364 g/mol. The van der Waals surface area contributed by atoms with Gasteiger partial charge in [0, 0.05) is 12.3 Å². The quantitative estimate of drug-likeness (QED) is 0.478. The van der Waals surface area contributed by atoms with E-state index >= 15 is 0 Å². The van der Waals surface area contributed by atoms with Gasteiger partial charge in [0.05, 0.1) is 6.61 Å². The monoisotopic (exact) mass is 363 g/mol. The van der Waals surface area contributed by atoms with Crippen LogP contribution >= 0.6 is 0 Å². The van der Waals surface area contributed by atoms with Crippen LogP contribution in [0.5, 0.6) is 5.75 Å². The van der Waals surface area contributed by atoms with Gasteiger partial charge in [-0.2, -0.15) is 0 Å². The van der Waals surface area contributed by atoms with E-state index in [-0.39, 0.29) is 5.91 Å². The van der Waals surface area contributed by atoms with Crippen LogP contribution in [-0.4, -0.2) is 24.7 Å². The van der Waals surface area contributed by atoms with Gasteiger partial charge in [0.2, 0.25) is 0 Å². The molecular weight excluding hydrogens is 326 g/mol. The SMILES string of the molecule is CCCCCC(C)(OCCC)C(=O)Nc1cc(C)c(OCCC)c(C)c1. The molecule has 0 aliphatic rings. The number of benzene rings is 1. The van der Waals surface area contributed by atoms with Crippen LogP contribution in [-0.2, 0) is 9.53 Å². The second-order valence-corrected chi connectivity index (χ2v) is 7.28. The molecule has 0 fully saturated rings. The lowest BCUT2D eigenvalue weighted by atomic mass is 9.96. The molecule has 1 atom stereocenters. The van der Waals surface area contributed by atoms with Crippen molar-refractivity contribution >= 4 is 11.6 Å². The number of ether oxygens (including phenoxy) is 2. The van der Waals surface area contributed by atoms with Crippen LogP contribution in [0.25, 0.3) is 0 Å². The highest BCUT2D eigenvalue weighted by atomic mass is 16.5. The highest BCUT2D eigenvalue weighted by Crippen LogP contribution is 2.29. The van der Waals surface area contributed by atoms with E-state index in [1.807, 2.05) is 32.9 Å². The number of aryl methyl sites for hydroxylation is 2. The summed E-state index contributed by atoms with van der Waals surface area (Å²) < 4.78 is 11.8. The Kier molecular flexibility index (Phi) is 9.71. The van der Waals surface area contributed by atoms with Crippen molar-refractivity contribution in [1.29, 1.82) is 0 Å². The smallest absolute Gasteiger partial charge is 0.256 e. The maximum absolute atomic E-state index is 12.9. The van der Waals surface area contributed by atoms with E-state index in [1.54, 1.807) is 0 Å². The fraction of sp³-hybridized carbons (Fsp3) is 0.682. The van der Waals surface area contributed by atoms with Gasteiger partial charge in [-0.1, -0.05) is 40.0 Å². The molecule has 0 aliphatic heterocycles. The van der Waals surface area contributed by atoms with Crippen LogP contribution in [0.3, 0.4) is 0 Å².